The summed E-state index contributed by atoms with van der Waals surface area (Å²) >= 11 is 12.6. The predicted molar refractivity (Wildman–Crippen MR) is 233 cm³/mol. The Kier molecular flexibility index (Phi) is 11.2. The minimum Gasteiger partial charge on any atom is -0.369 e. The molecule has 10 rings (SSSR count). The smallest absolute Gasteiger partial charge is 0.0988 e. The highest BCUT2D eigenvalue weighted by Crippen LogP contribution is 2.41. The first-order valence-electron chi connectivity index (χ1n) is 19.5. The second-order valence-corrected chi connectivity index (χ2v) is 15.4. The Balaban J connectivity index is 0.000000159. The fourth-order valence-electron chi connectivity index (χ4n) is 8.89. The Labute approximate surface area is 333 Å². The van der Waals surface area contributed by atoms with Crippen LogP contribution in [0.15, 0.2) is 97.1 Å². The molecule has 0 radical (unpaired) electrons. The third-order valence-corrected chi connectivity index (χ3v) is 12.0. The van der Waals surface area contributed by atoms with Crippen LogP contribution in [0.5, 0.6) is 0 Å². The van der Waals surface area contributed by atoms with Crippen molar-refractivity contribution < 1.29 is 0 Å². The summed E-state index contributed by atoms with van der Waals surface area (Å²) in [6.07, 6.45) is 8.89. The number of pyridine rings is 2. The molecule has 0 N–H and O–H groups in total. The summed E-state index contributed by atoms with van der Waals surface area (Å²) in [6.45, 7) is 7.96. The van der Waals surface area contributed by atoms with Gasteiger partial charge < -0.3 is 18.9 Å². The van der Waals surface area contributed by atoms with E-state index in [4.69, 9.17) is 33.2 Å². The number of nitrogens with zero attached hydrogens (tertiary/aromatic N) is 6. The Morgan fingerprint density at radius 2 is 1.13 bits per heavy atom. The van der Waals surface area contributed by atoms with Gasteiger partial charge in [0.1, 0.15) is 0 Å². The summed E-state index contributed by atoms with van der Waals surface area (Å²) in [7, 11) is 0. The van der Waals surface area contributed by atoms with E-state index < -0.39 is 0 Å². The van der Waals surface area contributed by atoms with Gasteiger partial charge in [-0.3, -0.25) is 0 Å². The molecule has 4 aromatic heterocycles. The van der Waals surface area contributed by atoms with Gasteiger partial charge in [0.2, 0.25) is 0 Å². The number of halogens is 3. The number of aryl methyl sites for hydroxylation is 2. The Bertz CT molecular complexity index is 2570. The van der Waals surface area contributed by atoms with Crippen LogP contribution in [0, 0.1) is 0 Å². The molecule has 0 bridgehead atoms. The van der Waals surface area contributed by atoms with Crippen molar-refractivity contribution in [3.8, 4) is 0 Å². The summed E-state index contributed by atoms with van der Waals surface area (Å²) in [4.78, 5) is 15.4. The van der Waals surface area contributed by atoms with Gasteiger partial charge >= 0.3 is 0 Å². The lowest BCUT2D eigenvalue weighted by molar-refractivity contribution is 0.282. The zero-order chi connectivity index (χ0) is 35.7. The van der Waals surface area contributed by atoms with E-state index in [2.05, 4.69) is 79.6 Å². The molecule has 4 aromatic carbocycles. The maximum Gasteiger partial charge on any atom is 0.0988 e. The van der Waals surface area contributed by atoms with Gasteiger partial charge in [-0.1, -0.05) is 97.2 Å². The quantitative estimate of drug-likeness (QED) is 0.151. The van der Waals surface area contributed by atoms with Crippen molar-refractivity contribution in [1.82, 2.24) is 24.0 Å². The average molecular weight is 778 g/mol. The van der Waals surface area contributed by atoms with Gasteiger partial charge in [0, 0.05) is 53.6 Å². The molecule has 6 heterocycles. The normalized spacial score (nSPS) is 15.1. The molecule has 0 saturated carbocycles. The van der Waals surface area contributed by atoms with Gasteiger partial charge in [0.15, 0.2) is 0 Å². The molecule has 278 valence electrons. The summed E-state index contributed by atoms with van der Waals surface area (Å²) in [5.41, 5.74) is 10.4. The molecule has 2 aliphatic heterocycles. The molecule has 54 heavy (non-hydrogen) atoms. The number of fused-ring (bicyclic) bond motifs is 9. The predicted octanol–water partition coefficient (Wildman–Crippen LogP) is 11.9. The van der Waals surface area contributed by atoms with Crippen molar-refractivity contribution in [2.45, 2.75) is 58.0 Å². The van der Waals surface area contributed by atoms with Crippen LogP contribution >= 0.6 is 35.6 Å². The topological polar surface area (TPSA) is 42.1 Å². The van der Waals surface area contributed by atoms with E-state index in [1.54, 1.807) is 0 Å². The zero-order valence-corrected chi connectivity index (χ0v) is 33.0. The molecule has 1 saturated heterocycles. The van der Waals surface area contributed by atoms with Crippen LogP contribution in [0.1, 0.15) is 44.9 Å². The van der Waals surface area contributed by atoms with Crippen molar-refractivity contribution in [2.24, 2.45) is 0 Å². The molecule has 2 aliphatic rings. The van der Waals surface area contributed by atoms with Gasteiger partial charge in [-0.15, -0.1) is 24.0 Å². The Morgan fingerprint density at radius 1 is 0.537 bits per heavy atom. The van der Waals surface area contributed by atoms with Gasteiger partial charge in [0.05, 0.1) is 54.8 Å². The number of hydrogen-bond acceptors (Lipinski definition) is 4. The maximum absolute atomic E-state index is 6.74. The molecule has 0 spiro atoms. The lowest BCUT2D eigenvalue weighted by Crippen LogP contribution is -2.31. The van der Waals surface area contributed by atoms with E-state index in [1.165, 1.54) is 91.2 Å². The number of alkyl halides is 1. The van der Waals surface area contributed by atoms with E-state index in [9.17, 15) is 0 Å². The molecule has 1 fully saturated rings. The third-order valence-electron chi connectivity index (χ3n) is 11.3. The number of anilines is 1. The second kappa shape index (κ2) is 16.3. The van der Waals surface area contributed by atoms with E-state index in [0.717, 1.165) is 76.0 Å². The van der Waals surface area contributed by atoms with Crippen LogP contribution in [0.2, 0.25) is 5.02 Å². The molecular formula is C45H47Cl3N6. The lowest BCUT2D eigenvalue weighted by atomic mass is 10.1. The molecule has 8 aromatic rings. The Hall–Kier alpha value is -4.07. The van der Waals surface area contributed by atoms with Crippen LogP contribution in [0.4, 0.5) is 5.69 Å². The summed E-state index contributed by atoms with van der Waals surface area (Å²) in [6, 6.07) is 33.9. The molecule has 0 unspecified atom stereocenters. The third kappa shape index (κ3) is 6.76. The monoisotopic (exact) mass is 776 g/mol. The van der Waals surface area contributed by atoms with E-state index in [-0.39, 0.29) is 12.4 Å². The summed E-state index contributed by atoms with van der Waals surface area (Å²) in [5, 5.41) is 5.49. The SMILES string of the molecule is Cl.ClCCCn1c2ccccc2c2nc3ccccc3c(Cl)c21.c1ccc2c3c4c(nc2c1)c1ccccc1n4CCCN3CCCN1CCCCCC1. The van der Waals surface area contributed by atoms with Crippen LogP contribution < -0.4 is 4.90 Å². The highest BCUT2D eigenvalue weighted by Gasteiger charge is 2.24. The van der Waals surface area contributed by atoms with Gasteiger partial charge in [-0.2, -0.15) is 0 Å². The summed E-state index contributed by atoms with van der Waals surface area (Å²) < 4.78 is 4.78. The number of benzene rings is 4. The fraction of sp³-hybridized carbons (Fsp3) is 0.333. The largest absolute Gasteiger partial charge is 0.369 e. The number of hydrogen-bond donors (Lipinski definition) is 0. The number of aromatic nitrogens is 4. The number of para-hydroxylation sites is 4. The molecular weight excluding hydrogens is 731 g/mol. The highest BCUT2D eigenvalue weighted by atomic mass is 35.5. The van der Waals surface area contributed by atoms with Crippen LogP contribution in [0.3, 0.4) is 0 Å². The standard InChI is InChI=1S/C27H32N4.C18H14Cl2N2.ClH/c1-2-8-16-29(15-7-1)17-9-18-30-19-10-20-31-24-14-6-4-12-22(24)25-27(31)26(30)21-11-3-5-13-23(21)28-25;19-10-5-11-22-15-9-4-2-7-13(15)17-18(22)16(20)12-6-1-3-8-14(12)21-17;/h3-6,11-14H,1-2,7-10,15-20H2;1-4,6-9H,5,10-11H2;1H. The van der Waals surface area contributed by atoms with Crippen LogP contribution in [-0.2, 0) is 13.1 Å². The first-order valence-corrected chi connectivity index (χ1v) is 20.4. The number of likely N-dealkylation sites (tertiary alicyclic amines) is 1. The fourth-order valence-corrected chi connectivity index (χ4v) is 9.36. The average Bonchev–Trinajstić information content (AvgIpc) is 3.42. The first-order chi connectivity index (χ1) is 26.2. The van der Waals surface area contributed by atoms with Gasteiger partial charge in [-0.25, -0.2) is 9.97 Å². The minimum atomic E-state index is 0. The highest BCUT2D eigenvalue weighted by molar-refractivity contribution is 6.41. The molecule has 0 aliphatic carbocycles. The van der Waals surface area contributed by atoms with E-state index >= 15 is 0 Å². The zero-order valence-electron chi connectivity index (χ0n) is 30.7. The van der Waals surface area contributed by atoms with Crippen molar-refractivity contribution in [1.29, 1.82) is 0 Å². The molecule has 0 amide bonds. The molecule has 9 heteroatoms. The Morgan fingerprint density at radius 3 is 1.85 bits per heavy atom. The van der Waals surface area contributed by atoms with Crippen LogP contribution in [-0.4, -0.2) is 62.6 Å². The summed E-state index contributed by atoms with van der Waals surface area (Å²) in [5.74, 6) is 0.632. The lowest BCUT2D eigenvalue weighted by Gasteiger charge is -2.27. The van der Waals surface area contributed by atoms with Gasteiger partial charge in [-0.05, 0) is 76.0 Å². The van der Waals surface area contributed by atoms with E-state index in [1.807, 2.05) is 36.4 Å². The van der Waals surface area contributed by atoms with Crippen molar-refractivity contribution in [3.05, 3.63) is 102 Å². The van der Waals surface area contributed by atoms with Gasteiger partial charge in [0.25, 0.3) is 0 Å². The maximum atomic E-state index is 6.74. The van der Waals surface area contributed by atoms with Crippen LogP contribution in [0.25, 0.3) is 65.7 Å². The van der Waals surface area contributed by atoms with Crippen molar-refractivity contribution in [3.63, 3.8) is 0 Å². The number of rotatable bonds is 7. The van der Waals surface area contributed by atoms with Crippen molar-refractivity contribution >= 4 is 107 Å². The minimum absolute atomic E-state index is 0. The molecule has 0 atom stereocenters. The molecule has 6 nitrogen and oxygen atoms in total. The second-order valence-electron chi connectivity index (χ2n) is 14.6. The first kappa shape index (κ1) is 36.9. The van der Waals surface area contributed by atoms with Crippen molar-refractivity contribution in [2.75, 3.05) is 43.5 Å². The van der Waals surface area contributed by atoms with E-state index in [0.29, 0.717) is 5.88 Å².